The highest BCUT2D eigenvalue weighted by Crippen LogP contribution is 2.17. The Bertz CT molecular complexity index is 569. The molecule has 1 fully saturated rings. The third-order valence-corrected chi connectivity index (χ3v) is 3.73. The number of benzene rings is 1. The lowest BCUT2D eigenvalue weighted by Gasteiger charge is -2.21. The molecule has 1 saturated heterocycles. The van der Waals surface area contributed by atoms with Gasteiger partial charge in [-0.05, 0) is 30.9 Å². The van der Waals surface area contributed by atoms with E-state index < -0.39 is 0 Å². The van der Waals surface area contributed by atoms with Gasteiger partial charge in [-0.2, -0.15) is 0 Å². The summed E-state index contributed by atoms with van der Waals surface area (Å²) in [5, 5.41) is 2.93. The van der Waals surface area contributed by atoms with Crippen LogP contribution in [-0.2, 0) is 16.0 Å². The molecule has 0 spiro atoms. The zero-order valence-electron chi connectivity index (χ0n) is 12.0. The maximum Gasteiger partial charge on any atom is 0.220 e. The van der Waals surface area contributed by atoms with E-state index in [1.54, 1.807) is 0 Å². The van der Waals surface area contributed by atoms with Gasteiger partial charge >= 0.3 is 0 Å². The fraction of sp³-hybridized carbons (Fsp3) is 0.500. The van der Waals surface area contributed by atoms with Crippen molar-refractivity contribution < 1.29 is 13.9 Å². The minimum Gasteiger partial charge on any atom is -0.441 e. The first kappa shape index (κ1) is 14.1. The second-order valence-electron chi connectivity index (χ2n) is 5.46. The minimum absolute atomic E-state index is 0.0848. The third-order valence-electron chi connectivity index (χ3n) is 3.73. The molecule has 3 rings (SSSR count). The lowest BCUT2D eigenvalue weighted by molar-refractivity contribution is -0.123. The molecule has 2 heterocycles. The van der Waals surface area contributed by atoms with E-state index in [9.17, 15) is 4.79 Å². The fourth-order valence-corrected chi connectivity index (χ4v) is 2.64. The topological polar surface area (TPSA) is 64.4 Å². The number of ether oxygens (including phenoxy) is 1. The summed E-state index contributed by atoms with van der Waals surface area (Å²) in [6.07, 6.45) is 3.30. The van der Waals surface area contributed by atoms with Crippen molar-refractivity contribution in [2.75, 3.05) is 19.8 Å². The molecule has 1 aliphatic rings. The number of aromatic nitrogens is 1. The highest BCUT2D eigenvalue weighted by Gasteiger charge is 2.17. The van der Waals surface area contributed by atoms with E-state index in [1.807, 2.05) is 24.3 Å². The van der Waals surface area contributed by atoms with E-state index in [4.69, 9.17) is 9.15 Å². The zero-order valence-corrected chi connectivity index (χ0v) is 12.0. The van der Waals surface area contributed by atoms with Crippen LogP contribution >= 0.6 is 0 Å². The van der Waals surface area contributed by atoms with Crippen LogP contribution in [0.1, 0.15) is 25.2 Å². The first-order valence-corrected chi connectivity index (χ1v) is 7.50. The van der Waals surface area contributed by atoms with Crippen LogP contribution in [0.25, 0.3) is 11.1 Å². The van der Waals surface area contributed by atoms with Crippen molar-refractivity contribution in [3.63, 3.8) is 0 Å². The standard InChI is InChI=1S/C16H20N2O3/c19-15(10-12-4-3-9-20-11-12)17-8-7-16-18-13-5-1-2-6-14(13)21-16/h1-2,5-6,12H,3-4,7-11H2,(H,17,19)/t12-/m0/s1. The molecule has 0 unspecified atom stereocenters. The van der Waals surface area contributed by atoms with Crippen molar-refractivity contribution in [2.24, 2.45) is 5.92 Å². The fourth-order valence-electron chi connectivity index (χ4n) is 2.64. The van der Waals surface area contributed by atoms with Gasteiger partial charge in [0.15, 0.2) is 11.5 Å². The van der Waals surface area contributed by atoms with Gasteiger partial charge in [-0.15, -0.1) is 0 Å². The molecular formula is C16H20N2O3. The number of fused-ring (bicyclic) bond motifs is 1. The van der Waals surface area contributed by atoms with Gasteiger partial charge in [0.25, 0.3) is 0 Å². The van der Waals surface area contributed by atoms with Crippen molar-refractivity contribution in [2.45, 2.75) is 25.7 Å². The van der Waals surface area contributed by atoms with E-state index in [1.165, 1.54) is 0 Å². The van der Waals surface area contributed by atoms with Crippen LogP contribution in [0.2, 0.25) is 0 Å². The first-order valence-electron chi connectivity index (χ1n) is 7.50. The molecule has 21 heavy (non-hydrogen) atoms. The molecule has 1 atom stereocenters. The van der Waals surface area contributed by atoms with Crippen LogP contribution in [0.3, 0.4) is 0 Å². The van der Waals surface area contributed by atoms with Gasteiger partial charge in [0.05, 0.1) is 0 Å². The van der Waals surface area contributed by atoms with Crippen molar-refractivity contribution in [1.82, 2.24) is 10.3 Å². The predicted molar refractivity (Wildman–Crippen MR) is 78.9 cm³/mol. The number of amides is 1. The van der Waals surface area contributed by atoms with E-state index >= 15 is 0 Å². The summed E-state index contributed by atoms with van der Waals surface area (Å²) in [5.74, 6) is 1.11. The molecule has 0 aliphatic carbocycles. The second-order valence-corrected chi connectivity index (χ2v) is 5.46. The van der Waals surface area contributed by atoms with E-state index in [-0.39, 0.29) is 5.91 Å². The Kier molecular flexibility index (Phi) is 4.50. The molecular weight excluding hydrogens is 268 g/mol. The molecule has 0 bridgehead atoms. The Hall–Kier alpha value is -1.88. The van der Waals surface area contributed by atoms with Gasteiger partial charge in [-0.25, -0.2) is 4.98 Å². The molecule has 112 valence electrons. The second kappa shape index (κ2) is 6.72. The van der Waals surface area contributed by atoms with Gasteiger partial charge in [0.2, 0.25) is 5.91 Å². The Balaban J connectivity index is 1.43. The molecule has 2 aromatic rings. The van der Waals surface area contributed by atoms with Crippen molar-refractivity contribution in [3.05, 3.63) is 30.2 Å². The number of hydrogen-bond acceptors (Lipinski definition) is 4. The van der Waals surface area contributed by atoms with E-state index in [0.29, 0.717) is 37.8 Å². The summed E-state index contributed by atoms with van der Waals surface area (Å²) in [4.78, 5) is 16.2. The van der Waals surface area contributed by atoms with Gasteiger partial charge in [-0.1, -0.05) is 12.1 Å². The number of oxazole rings is 1. The molecule has 0 saturated carbocycles. The highest BCUT2D eigenvalue weighted by molar-refractivity contribution is 5.76. The smallest absolute Gasteiger partial charge is 0.220 e. The molecule has 5 heteroatoms. The lowest BCUT2D eigenvalue weighted by Crippen LogP contribution is -2.30. The molecule has 1 amide bonds. The number of carbonyl (C=O) groups excluding carboxylic acids is 1. The summed E-state index contributed by atoms with van der Waals surface area (Å²) in [7, 11) is 0. The van der Waals surface area contributed by atoms with Crippen LogP contribution in [0.5, 0.6) is 0 Å². The average molecular weight is 288 g/mol. The quantitative estimate of drug-likeness (QED) is 0.917. The first-order chi connectivity index (χ1) is 10.3. The molecule has 1 aromatic heterocycles. The van der Waals surface area contributed by atoms with Gasteiger partial charge < -0.3 is 14.5 Å². The van der Waals surface area contributed by atoms with E-state index in [2.05, 4.69) is 10.3 Å². The molecule has 1 aromatic carbocycles. The van der Waals surface area contributed by atoms with Crippen molar-refractivity contribution in [3.8, 4) is 0 Å². The largest absolute Gasteiger partial charge is 0.441 e. The summed E-state index contributed by atoms with van der Waals surface area (Å²) in [6, 6.07) is 7.67. The summed E-state index contributed by atoms with van der Waals surface area (Å²) in [6.45, 7) is 2.09. The van der Waals surface area contributed by atoms with Crippen molar-refractivity contribution in [1.29, 1.82) is 0 Å². The van der Waals surface area contributed by atoms with Crippen LogP contribution in [0.15, 0.2) is 28.7 Å². The summed E-state index contributed by atoms with van der Waals surface area (Å²) in [5.41, 5.74) is 1.65. The number of carbonyl (C=O) groups is 1. The highest BCUT2D eigenvalue weighted by atomic mass is 16.5. The average Bonchev–Trinajstić information content (AvgIpc) is 2.91. The SMILES string of the molecule is O=C(C[C@@H]1CCCOC1)NCCc1nc2ccccc2o1. The number of rotatable bonds is 5. The van der Waals surface area contributed by atoms with E-state index in [0.717, 1.165) is 30.5 Å². The molecule has 0 radical (unpaired) electrons. The van der Waals surface area contributed by atoms with Crippen LogP contribution < -0.4 is 5.32 Å². The Morgan fingerprint density at radius 1 is 1.38 bits per heavy atom. The maximum absolute atomic E-state index is 11.9. The number of nitrogens with zero attached hydrogens (tertiary/aromatic N) is 1. The monoisotopic (exact) mass is 288 g/mol. The normalized spacial score (nSPS) is 18.8. The lowest BCUT2D eigenvalue weighted by atomic mass is 9.98. The van der Waals surface area contributed by atoms with Crippen molar-refractivity contribution >= 4 is 17.0 Å². The molecule has 1 aliphatic heterocycles. The predicted octanol–water partition coefficient (Wildman–Crippen LogP) is 2.30. The number of nitrogens with one attached hydrogen (secondary N) is 1. The summed E-state index contributed by atoms with van der Waals surface area (Å²) < 4.78 is 11.0. The van der Waals surface area contributed by atoms with Crippen LogP contribution in [0.4, 0.5) is 0 Å². The Labute approximate surface area is 123 Å². The Morgan fingerprint density at radius 3 is 3.10 bits per heavy atom. The van der Waals surface area contributed by atoms with Gasteiger partial charge in [0, 0.05) is 32.6 Å². The van der Waals surface area contributed by atoms with Crippen LogP contribution in [0, 0.1) is 5.92 Å². The zero-order chi connectivity index (χ0) is 14.5. The number of para-hydroxylation sites is 2. The molecule has 5 nitrogen and oxygen atoms in total. The molecule has 1 N–H and O–H groups in total. The van der Waals surface area contributed by atoms with Gasteiger partial charge in [0.1, 0.15) is 5.52 Å². The minimum atomic E-state index is 0.0848. The Morgan fingerprint density at radius 2 is 2.29 bits per heavy atom. The number of hydrogen-bond donors (Lipinski definition) is 1. The maximum atomic E-state index is 11.9. The summed E-state index contributed by atoms with van der Waals surface area (Å²) >= 11 is 0. The van der Waals surface area contributed by atoms with Crippen LogP contribution in [-0.4, -0.2) is 30.6 Å². The van der Waals surface area contributed by atoms with Gasteiger partial charge in [-0.3, -0.25) is 4.79 Å². The third kappa shape index (κ3) is 3.82.